The zero-order valence-corrected chi connectivity index (χ0v) is 21.3. The largest absolute Gasteiger partial charge is 0.493 e. The lowest BCUT2D eigenvalue weighted by Gasteiger charge is -2.38. The molecule has 0 bridgehead atoms. The number of aliphatic hydroxyl groups is 1. The molecule has 0 spiro atoms. The maximum atomic E-state index is 13.3. The van der Waals surface area contributed by atoms with Crippen LogP contribution in [0.25, 0.3) is 0 Å². The Hall–Kier alpha value is -3.06. The highest BCUT2D eigenvalue weighted by Gasteiger charge is 2.34. The topological polar surface area (TPSA) is 71.0 Å². The third-order valence-corrected chi connectivity index (χ3v) is 7.57. The fourth-order valence-electron chi connectivity index (χ4n) is 5.50. The van der Waals surface area contributed by atoms with Gasteiger partial charge in [-0.3, -0.25) is 9.69 Å². The molecule has 36 heavy (non-hydrogen) atoms. The van der Waals surface area contributed by atoms with Crippen molar-refractivity contribution in [1.82, 2.24) is 10.2 Å². The molecule has 3 atom stereocenters. The highest BCUT2D eigenvalue weighted by Crippen LogP contribution is 2.39. The summed E-state index contributed by atoms with van der Waals surface area (Å²) in [6, 6.07) is 19.4. The minimum Gasteiger partial charge on any atom is -0.493 e. The molecule has 2 N–H and O–H groups in total. The maximum absolute atomic E-state index is 13.3. The predicted molar refractivity (Wildman–Crippen MR) is 140 cm³/mol. The number of halogens is 1. The predicted octanol–water partition coefficient (Wildman–Crippen LogP) is 4.27. The average molecular weight is 507 g/mol. The molecule has 1 aliphatic carbocycles. The molecule has 1 amide bonds. The smallest absolute Gasteiger partial charge is 0.234 e. The molecule has 5 rings (SSSR count). The number of carbonyl (C=O) groups excluding carboxylic acids is 1. The van der Waals surface area contributed by atoms with E-state index < -0.39 is 6.10 Å². The van der Waals surface area contributed by atoms with Crippen molar-refractivity contribution in [2.24, 2.45) is 0 Å². The molecule has 1 heterocycles. The number of benzene rings is 3. The van der Waals surface area contributed by atoms with Crippen molar-refractivity contribution in [2.75, 3.05) is 27.3 Å². The van der Waals surface area contributed by atoms with Gasteiger partial charge in [0.2, 0.25) is 5.91 Å². The summed E-state index contributed by atoms with van der Waals surface area (Å²) in [4.78, 5) is 15.5. The van der Waals surface area contributed by atoms with E-state index in [4.69, 9.17) is 21.1 Å². The fourth-order valence-corrected chi connectivity index (χ4v) is 5.63. The van der Waals surface area contributed by atoms with Gasteiger partial charge in [-0.2, -0.15) is 0 Å². The molecule has 0 aromatic heterocycles. The molecule has 6 nitrogen and oxygen atoms in total. The number of nitrogens with zero attached hydrogens (tertiary/aromatic N) is 1. The average Bonchev–Trinajstić information content (AvgIpc) is 3.20. The number of hydrogen-bond donors (Lipinski definition) is 2. The van der Waals surface area contributed by atoms with Crippen molar-refractivity contribution < 1.29 is 19.4 Å². The number of fused-ring (bicyclic) bond motifs is 2. The molecular formula is C29H31ClN2O4. The minimum absolute atomic E-state index is 0.0266. The molecular weight excluding hydrogens is 476 g/mol. The molecule has 188 valence electrons. The Labute approximate surface area is 216 Å². The molecule has 0 radical (unpaired) electrons. The van der Waals surface area contributed by atoms with Crippen LogP contribution in [0.15, 0.2) is 60.7 Å². The lowest BCUT2D eigenvalue weighted by atomic mass is 9.88. The van der Waals surface area contributed by atoms with E-state index in [1.807, 2.05) is 60.7 Å². The van der Waals surface area contributed by atoms with Crippen LogP contribution >= 0.6 is 11.6 Å². The van der Waals surface area contributed by atoms with E-state index >= 15 is 0 Å². The van der Waals surface area contributed by atoms with Crippen molar-refractivity contribution in [3.63, 3.8) is 0 Å². The van der Waals surface area contributed by atoms with Gasteiger partial charge in [-0.1, -0.05) is 48.0 Å². The van der Waals surface area contributed by atoms with E-state index in [0.29, 0.717) is 22.9 Å². The second kappa shape index (κ2) is 10.5. The minimum atomic E-state index is -0.616. The summed E-state index contributed by atoms with van der Waals surface area (Å²) in [6.45, 7) is 0.968. The molecule has 0 fully saturated rings. The van der Waals surface area contributed by atoms with Crippen LogP contribution in [0.3, 0.4) is 0 Å². The van der Waals surface area contributed by atoms with Gasteiger partial charge >= 0.3 is 0 Å². The molecule has 3 aromatic carbocycles. The summed E-state index contributed by atoms with van der Waals surface area (Å²) < 4.78 is 11.1. The highest BCUT2D eigenvalue weighted by atomic mass is 35.5. The summed E-state index contributed by atoms with van der Waals surface area (Å²) in [5.74, 6) is 1.29. The van der Waals surface area contributed by atoms with Gasteiger partial charge in [-0.25, -0.2) is 0 Å². The van der Waals surface area contributed by atoms with Crippen molar-refractivity contribution in [3.05, 3.63) is 93.5 Å². The zero-order chi connectivity index (χ0) is 25.2. The van der Waals surface area contributed by atoms with Gasteiger partial charge in [0, 0.05) is 24.0 Å². The molecule has 1 aliphatic heterocycles. The SMILES string of the molecule is COc1cc2c(cc1OC)C(Cc1ccc(Cl)cc1)N(CC(=O)N[C@@H]1c3ccccc3C[C@@H]1O)CC2. The number of nitrogens with one attached hydrogen (secondary N) is 1. The van der Waals surface area contributed by atoms with E-state index in [9.17, 15) is 9.90 Å². The summed E-state index contributed by atoms with van der Waals surface area (Å²) in [5, 5.41) is 14.4. The van der Waals surface area contributed by atoms with Crippen LogP contribution in [0.4, 0.5) is 0 Å². The first kappa shape index (κ1) is 24.6. The van der Waals surface area contributed by atoms with Crippen LogP contribution in [0, 0.1) is 0 Å². The maximum Gasteiger partial charge on any atom is 0.234 e. The fraction of sp³-hybridized carbons (Fsp3) is 0.345. The summed E-state index contributed by atoms with van der Waals surface area (Å²) in [5.41, 5.74) is 5.55. The molecule has 3 aromatic rings. The Morgan fingerprint density at radius 2 is 1.75 bits per heavy atom. The zero-order valence-electron chi connectivity index (χ0n) is 20.5. The first-order valence-corrected chi connectivity index (χ1v) is 12.6. The third kappa shape index (κ3) is 4.94. The first-order valence-electron chi connectivity index (χ1n) is 12.3. The number of aliphatic hydroxyl groups excluding tert-OH is 1. The number of rotatable bonds is 7. The quantitative estimate of drug-likeness (QED) is 0.500. The van der Waals surface area contributed by atoms with E-state index in [1.165, 1.54) is 5.56 Å². The number of ether oxygens (including phenoxy) is 2. The van der Waals surface area contributed by atoms with Crippen LogP contribution in [0.2, 0.25) is 5.02 Å². The highest BCUT2D eigenvalue weighted by molar-refractivity contribution is 6.30. The van der Waals surface area contributed by atoms with Gasteiger partial charge in [0.25, 0.3) is 0 Å². The Morgan fingerprint density at radius 3 is 2.50 bits per heavy atom. The molecule has 0 saturated heterocycles. The van der Waals surface area contributed by atoms with Crippen LogP contribution in [0.5, 0.6) is 11.5 Å². The monoisotopic (exact) mass is 506 g/mol. The summed E-state index contributed by atoms with van der Waals surface area (Å²) >= 11 is 6.12. The standard InChI is InChI=1S/C29H31ClN2O4/c1-35-26-15-20-11-12-32(17-28(34)31-29-22-6-4-3-5-19(22)14-25(29)33)24(23(20)16-27(26)36-2)13-18-7-9-21(30)10-8-18/h3-10,15-16,24-25,29,33H,11-14,17H2,1-2H3,(H,31,34)/t24?,25-,29+/m0/s1. The normalized spacial score (nSPS) is 20.9. The molecule has 2 aliphatic rings. The molecule has 1 unspecified atom stereocenters. The van der Waals surface area contributed by atoms with Crippen molar-refractivity contribution in [3.8, 4) is 11.5 Å². The Balaban J connectivity index is 1.40. The van der Waals surface area contributed by atoms with Crippen molar-refractivity contribution in [1.29, 1.82) is 0 Å². The van der Waals surface area contributed by atoms with E-state index in [-0.39, 0.29) is 24.5 Å². The number of amides is 1. The summed E-state index contributed by atoms with van der Waals surface area (Å²) in [6.07, 6.45) is 1.46. The third-order valence-electron chi connectivity index (χ3n) is 7.32. The van der Waals surface area contributed by atoms with Gasteiger partial charge in [-0.05, 0) is 64.9 Å². The van der Waals surface area contributed by atoms with Crippen LogP contribution in [0.1, 0.15) is 39.9 Å². The van der Waals surface area contributed by atoms with Gasteiger partial charge in [0.05, 0.1) is 32.9 Å². The van der Waals surface area contributed by atoms with Crippen molar-refractivity contribution in [2.45, 2.75) is 37.5 Å². The Kier molecular flexibility index (Phi) is 7.19. The Bertz CT molecular complexity index is 1250. The van der Waals surface area contributed by atoms with Crippen LogP contribution in [-0.2, 0) is 24.1 Å². The van der Waals surface area contributed by atoms with Crippen molar-refractivity contribution >= 4 is 17.5 Å². The summed E-state index contributed by atoms with van der Waals surface area (Å²) in [7, 11) is 3.28. The van der Waals surface area contributed by atoms with E-state index in [0.717, 1.165) is 41.6 Å². The van der Waals surface area contributed by atoms with E-state index in [1.54, 1.807) is 14.2 Å². The number of methoxy groups -OCH3 is 2. The van der Waals surface area contributed by atoms with E-state index in [2.05, 4.69) is 10.2 Å². The van der Waals surface area contributed by atoms with Gasteiger partial charge in [-0.15, -0.1) is 0 Å². The first-order chi connectivity index (χ1) is 17.5. The molecule has 0 saturated carbocycles. The lowest BCUT2D eigenvalue weighted by Crippen LogP contribution is -2.45. The lowest BCUT2D eigenvalue weighted by molar-refractivity contribution is -0.124. The Morgan fingerprint density at radius 1 is 1.03 bits per heavy atom. The van der Waals surface area contributed by atoms with Gasteiger partial charge in [0.1, 0.15) is 0 Å². The number of carbonyl (C=O) groups is 1. The van der Waals surface area contributed by atoms with Crippen LogP contribution < -0.4 is 14.8 Å². The van der Waals surface area contributed by atoms with Gasteiger partial charge in [0.15, 0.2) is 11.5 Å². The number of hydrogen-bond acceptors (Lipinski definition) is 5. The van der Waals surface area contributed by atoms with Gasteiger partial charge < -0.3 is 19.9 Å². The molecule has 7 heteroatoms. The second-order valence-corrected chi connectivity index (χ2v) is 9.92. The second-order valence-electron chi connectivity index (χ2n) is 9.49. The van der Waals surface area contributed by atoms with Crippen LogP contribution in [-0.4, -0.2) is 49.3 Å².